The summed E-state index contributed by atoms with van der Waals surface area (Å²) in [5.74, 6) is 1.02. The third-order valence-corrected chi connectivity index (χ3v) is 5.70. The molecule has 1 aliphatic rings. The molecule has 2 heterocycles. The van der Waals surface area contributed by atoms with Crippen molar-refractivity contribution < 1.29 is 9.21 Å². The highest BCUT2D eigenvalue weighted by Gasteiger charge is 2.25. The zero-order valence-corrected chi connectivity index (χ0v) is 15.9. The summed E-state index contributed by atoms with van der Waals surface area (Å²) < 4.78 is 5.73. The van der Waals surface area contributed by atoms with E-state index in [1.807, 2.05) is 23.1 Å². The molecule has 0 spiro atoms. The Bertz CT molecular complexity index is 744. The standard InChI is InChI=1S/C19H25N3O2S/c1-4-16-7-5-6-10-22(16)17(23)12-25-19-21-20-18(24-19)15-9-8-13(2)14(3)11-15/h8-9,11,16H,4-7,10,12H2,1-3H3/t16-/m0/s1. The van der Waals surface area contributed by atoms with E-state index in [2.05, 4.69) is 31.0 Å². The molecule has 1 aromatic heterocycles. The molecular weight excluding hydrogens is 334 g/mol. The van der Waals surface area contributed by atoms with Crippen LogP contribution in [0.3, 0.4) is 0 Å². The largest absolute Gasteiger partial charge is 0.411 e. The number of likely N-dealkylation sites (tertiary alicyclic amines) is 1. The van der Waals surface area contributed by atoms with Crippen LogP contribution in [-0.2, 0) is 4.79 Å². The van der Waals surface area contributed by atoms with E-state index < -0.39 is 0 Å². The van der Waals surface area contributed by atoms with Gasteiger partial charge in [0.1, 0.15) is 0 Å². The quantitative estimate of drug-likeness (QED) is 0.748. The van der Waals surface area contributed by atoms with Crippen molar-refractivity contribution in [2.45, 2.75) is 57.7 Å². The lowest BCUT2D eigenvalue weighted by Crippen LogP contribution is -2.44. The molecule has 6 heteroatoms. The highest BCUT2D eigenvalue weighted by molar-refractivity contribution is 7.99. The van der Waals surface area contributed by atoms with Gasteiger partial charge in [-0.05, 0) is 62.8 Å². The first kappa shape index (κ1) is 18.0. The average molecular weight is 359 g/mol. The van der Waals surface area contributed by atoms with E-state index in [1.54, 1.807) is 0 Å². The Hall–Kier alpha value is -1.82. The molecule has 5 nitrogen and oxygen atoms in total. The minimum Gasteiger partial charge on any atom is -0.411 e. The van der Waals surface area contributed by atoms with Crippen LogP contribution in [-0.4, -0.2) is 39.3 Å². The lowest BCUT2D eigenvalue weighted by Gasteiger charge is -2.35. The highest BCUT2D eigenvalue weighted by Crippen LogP contribution is 2.26. The number of hydrogen-bond donors (Lipinski definition) is 0. The Kier molecular flexibility index (Phi) is 5.78. The topological polar surface area (TPSA) is 59.2 Å². The molecule has 0 radical (unpaired) electrons. The van der Waals surface area contributed by atoms with E-state index in [4.69, 9.17) is 4.42 Å². The van der Waals surface area contributed by atoms with Crippen LogP contribution < -0.4 is 0 Å². The van der Waals surface area contributed by atoms with Gasteiger partial charge in [0.25, 0.3) is 5.22 Å². The highest BCUT2D eigenvalue weighted by atomic mass is 32.2. The number of nitrogens with zero attached hydrogens (tertiary/aromatic N) is 3. The monoisotopic (exact) mass is 359 g/mol. The smallest absolute Gasteiger partial charge is 0.277 e. The summed E-state index contributed by atoms with van der Waals surface area (Å²) in [6, 6.07) is 6.46. The van der Waals surface area contributed by atoms with Crippen LogP contribution in [0.5, 0.6) is 0 Å². The first-order chi connectivity index (χ1) is 12.1. The number of thioether (sulfide) groups is 1. The van der Waals surface area contributed by atoms with Crippen LogP contribution in [0.1, 0.15) is 43.7 Å². The summed E-state index contributed by atoms with van der Waals surface area (Å²) in [6.45, 7) is 7.16. The number of hydrogen-bond acceptors (Lipinski definition) is 5. The van der Waals surface area contributed by atoms with Gasteiger partial charge in [-0.2, -0.15) is 0 Å². The second-order valence-corrected chi connectivity index (χ2v) is 7.53. The van der Waals surface area contributed by atoms with Crippen molar-refractivity contribution in [2.24, 2.45) is 0 Å². The first-order valence-electron chi connectivity index (χ1n) is 8.92. The van der Waals surface area contributed by atoms with Gasteiger partial charge in [0.05, 0.1) is 5.75 Å². The Labute approximate surface area is 153 Å². The summed E-state index contributed by atoms with van der Waals surface area (Å²) in [6.07, 6.45) is 4.46. The molecule has 1 amide bonds. The number of piperidine rings is 1. The maximum atomic E-state index is 12.5. The molecule has 25 heavy (non-hydrogen) atoms. The fraction of sp³-hybridized carbons (Fsp3) is 0.526. The predicted molar refractivity (Wildman–Crippen MR) is 99.6 cm³/mol. The fourth-order valence-electron chi connectivity index (χ4n) is 3.22. The van der Waals surface area contributed by atoms with Crippen LogP contribution in [0.25, 0.3) is 11.5 Å². The Morgan fingerprint density at radius 3 is 2.88 bits per heavy atom. The van der Waals surface area contributed by atoms with E-state index in [-0.39, 0.29) is 5.91 Å². The van der Waals surface area contributed by atoms with Gasteiger partial charge in [0.15, 0.2) is 0 Å². The molecule has 1 fully saturated rings. The van der Waals surface area contributed by atoms with Gasteiger partial charge in [-0.25, -0.2) is 0 Å². The van der Waals surface area contributed by atoms with Crippen molar-refractivity contribution in [1.29, 1.82) is 0 Å². The van der Waals surface area contributed by atoms with Crippen LogP contribution in [0, 0.1) is 13.8 Å². The number of amides is 1. The van der Waals surface area contributed by atoms with E-state index in [1.165, 1.54) is 29.3 Å². The van der Waals surface area contributed by atoms with E-state index in [9.17, 15) is 4.79 Å². The molecule has 1 atom stereocenters. The normalized spacial score (nSPS) is 17.7. The van der Waals surface area contributed by atoms with E-state index in [0.29, 0.717) is 22.9 Å². The van der Waals surface area contributed by atoms with Crippen molar-refractivity contribution in [1.82, 2.24) is 15.1 Å². The lowest BCUT2D eigenvalue weighted by molar-refractivity contribution is -0.132. The summed E-state index contributed by atoms with van der Waals surface area (Å²) in [7, 11) is 0. The van der Waals surface area contributed by atoms with Crippen LogP contribution in [0.15, 0.2) is 27.8 Å². The Balaban J connectivity index is 1.61. The lowest BCUT2D eigenvalue weighted by atomic mass is 10.0. The van der Waals surface area contributed by atoms with Gasteiger partial charge < -0.3 is 9.32 Å². The van der Waals surface area contributed by atoms with Gasteiger partial charge in [-0.15, -0.1) is 10.2 Å². The third-order valence-electron chi connectivity index (χ3n) is 4.90. The molecule has 134 valence electrons. The molecule has 1 aliphatic heterocycles. The number of aryl methyl sites for hydroxylation is 2. The molecule has 3 rings (SSSR count). The number of rotatable bonds is 5. The van der Waals surface area contributed by atoms with Crippen molar-refractivity contribution in [3.05, 3.63) is 29.3 Å². The van der Waals surface area contributed by atoms with Crippen molar-refractivity contribution in [3.63, 3.8) is 0 Å². The van der Waals surface area contributed by atoms with Crippen molar-refractivity contribution in [3.8, 4) is 11.5 Å². The number of benzene rings is 1. The Morgan fingerprint density at radius 2 is 2.12 bits per heavy atom. The van der Waals surface area contributed by atoms with Gasteiger partial charge in [-0.3, -0.25) is 4.79 Å². The average Bonchev–Trinajstić information content (AvgIpc) is 3.11. The summed E-state index contributed by atoms with van der Waals surface area (Å²) in [5, 5.41) is 8.64. The van der Waals surface area contributed by atoms with Gasteiger partial charge in [0, 0.05) is 18.2 Å². The second kappa shape index (κ2) is 8.04. The summed E-state index contributed by atoms with van der Waals surface area (Å²) in [4.78, 5) is 14.5. The predicted octanol–water partition coefficient (Wildman–Crippen LogP) is 4.24. The van der Waals surface area contributed by atoms with Crippen molar-refractivity contribution in [2.75, 3.05) is 12.3 Å². The number of carbonyl (C=O) groups excluding carboxylic acids is 1. The molecule has 0 unspecified atom stereocenters. The Morgan fingerprint density at radius 1 is 1.28 bits per heavy atom. The number of carbonyl (C=O) groups is 1. The molecule has 0 saturated carbocycles. The SMILES string of the molecule is CC[C@H]1CCCCN1C(=O)CSc1nnc(-c2ccc(C)c(C)c2)o1. The minimum absolute atomic E-state index is 0.169. The van der Waals surface area contributed by atoms with Crippen LogP contribution in [0.4, 0.5) is 0 Å². The molecule has 1 saturated heterocycles. The van der Waals surface area contributed by atoms with Gasteiger partial charge in [-0.1, -0.05) is 24.8 Å². The van der Waals surface area contributed by atoms with Gasteiger partial charge in [0.2, 0.25) is 11.8 Å². The van der Waals surface area contributed by atoms with Gasteiger partial charge >= 0.3 is 0 Å². The van der Waals surface area contributed by atoms with Crippen LogP contribution in [0.2, 0.25) is 0 Å². The van der Waals surface area contributed by atoms with Crippen molar-refractivity contribution >= 4 is 17.7 Å². The third kappa shape index (κ3) is 4.24. The van der Waals surface area contributed by atoms with Crippen LogP contribution >= 0.6 is 11.8 Å². The molecular formula is C19H25N3O2S. The zero-order valence-electron chi connectivity index (χ0n) is 15.1. The second-order valence-electron chi connectivity index (χ2n) is 6.61. The fourth-order valence-corrected chi connectivity index (χ4v) is 3.87. The molecule has 2 aromatic rings. The van der Waals surface area contributed by atoms with E-state index >= 15 is 0 Å². The number of aromatic nitrogens is 2. The molecule has 0 bridgehead atoms. The molecule has 0 aliphatic carbocycles. The maximum absolute atomic E-state index is 12.5. The van der Waals surface area contributed by atoms with E-state index in [0.717, 1.165) is 31.4 Å². The molecule has 1 aromatic carbocycles. The first-order valence-corrected chi connectivity index (χ1v) is 9.90. The zero-order chi connectivity index (χ0) is 17.8. The minimum atomic E-state index is 0.169. The maximum Gasteiger partial charge on any atom is 0.277 e. The summed E-state index contributed by atoms with van der Waals surface area (Å²) in [5.41, 5.74) is 3.34. The summed E-state index contributed by atoms with van der Waals surface area (Å²) >= 11 is 1.33. The molecule has 0 N–H and O–H groups in total.